The van der Waals surface area contributed by atoms with Crippen molar-refractivity contribution in [3.63, 3.8) is 0 Å². The average Bonchev–Trinajstić information content (AvgIpc) is 3.52. The number of aryl methyl sites for hydroxylation is 1. The van der Waals surface area contributed by atoms with E-state index in [1.54, 1.807) is 24.3 Å². The van der Waals surface area contributed by atoms with E-state index in [4.69, 9.17) is 9.47 Å². The molecule has 0 bridgehead atoms. The van der Waals surface area contributed by atoms with E-state index in [0.29, 0.717) is 37.5 Å². The van der Waals surface area contributed by atoms with Gasteiger partial charge in [0.05, 0.1) is 24.1 Å². The molecule has 1 unspecified atom stereocenters. The first-order chi connectivity index (χ1) is 19.3. The number of carbonyl (C=O) groups excluding carboxylic acids is 3. The van der Waals surface area contributed by atoms with Crippen LogP contribution in [-0.4, -0.2) is 76.1 Å². The van der Waals surface area contributed by atoms with Crippen molar-refractivity contribution in [3.8, 4) is 0 Å². The molecule has 1 fully saturated rings. The van der Waals surface area contributed by atoms with E-state index in [0.717, 1.165) is 10.7 Å². The molecule has 3 rings (SSSR count). The minimum atomic E-state index is -0.941. The van der Waals surface area contributed by atoms with Gasteiger partial charge in [0.1, 0.15) is 10.7 Å². The predicted octanol–water partition coefficient (Wildman–Crippen LogP) is 3.87. The summed E-state index contributed by atoms with van der Waals surface area (Å²) in [4.78, 5) is 60.4. The zero-order valence-corrected chi connectivity index (χ0v) is 26.0. The first kappa shape index (κ1) is 32.6. The molecular formula is C28H40N4O7S2. The topological polar surface area (TPSA) is 148 Å². The summed E-state index contributed by atoms with van der Waals surface area (Å²) in [6.07, 6.45) is 0.628. The molecule has 3 heterocycles. The third kappa shape index (κ3) is 9.57. The van der Waals surface area contributed by atoms with Crippen LogP contribution in [0.15, 0.2) is 10.8 Å². The number of nitrogens with one attached hydrogen (secondary N) is 1. The molecule has 1 aliphatic rings. The van der Waals surface area contributed by atoms with Crippen molar-refractivity contribution in [2.24, 2.45) is 17.8 Å². The number of hydrogen-bond donors (Lipinski definition) is 2. The lowest BCUT2D eigenvalue weighted by molar-refractivity contribution is -0.149. The fraction of sp³-hybridized carbons (Fsp3) is 0.643. The van der Waals surface area contributed by atoms with E-state index in [2.05, 4.69) is 15.3 Å². The lowest BCUT2D eigenvalue weighted by Crippen LogP contribution is -2.44. The van der Waals surface area contributed by atoms with Crippen LogP contribution in [0.1, 0.15) is 79.3 Å². The van der Waals surface area contributed by atoms with E-state index in [1.807, 2.05) is 26.2 Å². The van der Waals surface area contributed by atoms with Crippen molar-refractivity contribution >= 4 is 46.4 Å². The van der Waals surface area contributed by atoms with Gasteiger partial charge >= 0.3 is 11.9 Å². The number of ether oxygens (including phenoxy) is 2. The van der Waals surface area contributed by atoms with Crippen LogP contribution in [0.5, 0.6) is 0 Å². The molecule has 0 saturated carbocycles. The number of carboxylic acids is 1. The lowest BCUT2D eigenvalue weighted by Gasteiger charge is -2.35. The van der Waals surface area contributed by atoms with Crippen LogP contribution in [-0.2, 0) is 30.3 Å². The largest absolute Gasteiger partial charge is 0.481 e. The maximum absolute atomic E-state index is 13.2. The molecule has 2 N–H and O–H groups in total. The van der Waals surface area contributed by atoms with Crippen LogP contribution in [0.2, 0.25) is 0 Å². The Morgan fingerprint density at radius 1 is 1.15 bits per heavy atom. The Balaban J connectivity index is 1.74. The highest BCUT2D eigenvalue weighted by Crippen LogP contribution is 2.31. The highest BCUT2D eigenvalue weighted by atomic mass is 32.1. The first-order valence-electron chi connectivity index (χ1n) is 13.7. The molecule has 0 radical (unpaired) electrons. The molecule has 2 aromatic rings. The predicted molar refractivity (Wildman–Crippen MR) is 155 cm³/mol. The SMILES string of the molecule is CC(=O)O[C@H](CC(C(C)C)N(C)C(=O)CC1COC1)c1nc(C(=O)N[C@@H](Cc2nc(C)cs2)C[C@H](C)C(=O)O)cs1. The summed E-state index contributed by atoms with van der Waals surface area (Å²) in [5.74, 6) is -2.22. The fourth-order valence-electron chi connectivity index (χ4n) is 4.70. The number of carbonyl (C=O) groups is 4. The molecule has 226 valence electrons. The molecule has 4 atom stereocenters. The Kier molecular flexibility index (Phi) is 11.8. The highest BCUT2D eigenvalue weighted by molar-refractivity contribution is 7.10. The van der Waals surface area contributed by atoms with E-state index in [-0.39, 0.29) is 35.9 Å². The minimum Gasteiger partial charge on any atom is -0.481 e. The molecule has 0 aliphatic carbocycles. The summed E-state index contributed by atoms with van der Waals surface area (Å²) in [5, 5.41) is 17.1. The van der Waals surface area contributed by atoms with Crippen molar-refractivity contribution in [1.29, 1.82) is 0 Å². The standard InChI is InChI=1S/C28H40N4O7S2/c1-15(2)22(32(6)25(34)8-19-11-38-12-19)10-23(39-18(5)33)27-31-21(14-41-27)26(35)30-20(7-16(3)28(36)37)9-24-29-17(4)13-40-24/h13-16,19-20,22-23H,7-12H2,1-6H3,(H,30,35)(H,36,37)/t16-,20+,22?,23+/m0/s1. The van der Waals surface area contributed by atoms with E-state index in [9.17, 15) is 24.3 Å². The number of thiazole rings is 2. The second-order valence-electron chi connectivity index (χ2n) is 11.1. The number of amides is 2. The molecule has 1 aliphatic heterocycles. The Bertz CT molecular complexity index is 1210. The van der Waals surface area contributed by atoms with Gasteiger partial charge in [0, 0.05) is 67.7 Å². The summed E-state index contributed by atoms with van der Waals surface area (Å²) < 4.78 is 10.8. The zero-order chi connectivity index (χ0) is 30.3. The van der Waals surface area contributed by atoms with Gasteiger partial charge < -0.3 is 24.8 Å². The summed E-state index contributed by atoms with van der Waals surface area (Å²) >= 11 is 2.67. The molecule has 2 aromatic heterocycles. The van der Waals surface area contributed by atoms with Gasteiger partial charge in [-0.05, 0) is 19.3 Å². The molecule has 13 heteroatoms. The monoisotopic (exact) mass is 608 g/mol. The van der Waals surface area contributed by atoms with Crippen LogP contribution in [0.25, 0.3) is 0 Å². The minimum absolute atomic E-state index is 0.00911. The zero-order valence-electron chi connectivity index (χ0n) is 24.4. The van der Waals surface area contributed by atoms with E-state index in [1.165, 1.54) is 29.6 Å². The summed E-state index contributed by atoms with van der Waals surface area (Å²) in [6.45, 7) is 10.00. The van der Waals surface area contributed by atoms with Gasteiger partial charge in [-0.2, -0.15) is 0 Å². The van der Waals surface area contributed by atoms with Crippen molar-refractivity contribution in [3.05, 3.63) is 32.2 Å². The second kappa shape index (κ2) is 14.8. The summed E-state index contributed by atoms with van der Waals surface area (Å²) in [7, 11) is 1.76. The molecule has 11 nitrogen and oxygen atoms in total. The van der Waals surface area contributed by atoms with Crippen LogP contribution < -0.4 is 5.32 Å². The fourth-order valence-corrected chi connectivity index (χ4v) is 6.39. The Morgan fingerprint density at radius 2 is 1.85 bits per heavy atom. The number of hydrogen-bond acceptors (Lipinski definition) is 10. The number of rotatable bonds is 15. The second-order valence-corrected chi connectivity index (χ2v) is 12.9. The van der Waals surface area contributed by atoms with Crippen molar-refractivity contribution in [1.82, 2.24) is 20.2 Å². The Hall–Kier alpha value is -2.90. The van der Waals surface area contributed by atoms with Gasteiger partial charge in [-0.1, -0.05) is 20.8 Å². The van der Waals surface area contributed by atoms with Crippen molar-refractivity contribution < 1.29 is 33.8 Å². The third-order valence-electron chi connectivity index (χ3n) is 7.11. The Labute approximate surface area is 248 Å². The molecule has 41 heavy (non-hydrogen) atoms. The van der Waals surface area contributed by atoms with E-state index < -0.39 is 35.9 Å². The molecule has 0 aromatic carbocycles. The molecule has 0 spiro atoms. The first-order valence-corrected chi connectivity index (χ1v) is 15.5. The molecular weight excluding hydrogens is 568 g/mol. The quantitative estimate of drug-likeness (QED) is 0.288. The molecule has 2 amide bonds. The van der Waals surface area contributed by atoms with Gasteiger partial charge in [-0.25, -0.2) is 9.97 Å². The number of aliphatic carboxylic acids is 1. The lowest BCUT2D eigenvalue weighted by atomic mass is 9.95. The van der Waals surface area contributed by atoms with Gasteiger partial charge in [-0.3, -0.25) is 19.2 Å². The maximum Gasteiger partial charge on any atom is 0.306 e. The Morgan fingerprint density at radius 3 is 2.39 bits per heavy atom. The average molecular weight is 609 g/mol. The van der Waals surface area contributed by atoms with Crippen LogP contribution in [0.3, 0.4) is 0 Å². The van der Waals surface area contributed by atoms with Crippen LogP contribution >= 0.6 is 22.7 Å². The van der Waals surface area contributed by atoms with E-state index >= 15 is 0 Å². The normalized spacial score (nSPS) is 16.4. The van der Waals surface area contributed by atoms with Gasteiger partial charge in [0.2, 0.25) is 5.91 Å². The van der Waals surface area contributed by atoms with Gasteiger partial charge in [-0.15, -0.1) is 22.7 Å². The number of carboxylic acid groups (broad SMARTS) is 1. The van der Waals surface area contributed by atoms with Crippen LogP contribution in [0, 0.1) is 24.7 Å². The van der Waals surface area contributed by atoms with Gasteiger partial charge in [0.15, 0.2) is 6.10 Å². The number of esters is 1. The number of nitrogens with zero attached hydrogens (tertiary/aromatic N) is 3. The third-order valence-corrected chi connectivity index (χ3v) is 9.03. The van der Waals surface area contributed by atoms with Crippen molar-refractivity contribution in [2.75, 3.05) is 20.3 Å². The molecule has 1 saturated heterocycles. The van der Waals surface area contributed by atoms with Crippen LogP contribution in [0.4, 0.5) is 0 Å². The smallest absolute Gasteiger partial charge is 0.306 e. The maximum atomic E-state index is 13.2. The van der Waals surface area contributed by atoms with Crippen molar-refractivity contribution in [2.45, 2.75) is 78.5 Å². The summed E-state index contributed by atoms with van der Waals surface area (Å²) in [5.41, 5.74) is 1.02. The highest BCUT2D eigenvalue weighted by Gasteiger charge is 2.33. The number of aromatic nitrogens is 2. The summed E-state index contributed by atoms with van der Waals surface area (Å²) in [6, 6.07) is -0.683. The van der Waals surface area contributed by atoms with Gasteiger partial charge in [0.25, 0.3) is 5.91 Å².